The summed E-state index contributed by atoms with van der Waals surface area (Å²) >= 11 is 6.03. The third kappa shape index (κ3) is 3.51. The summed E-state index contributed by atoms with van der Waals surface area (Å²) in [5.74, 6) is -0.433. The first kappa shape index (κ1) is 18.5. The van der Waals surface area contributed by atoms with Crippen LogP contribution in [0.5, 0.6) is 0 Å². The molecule has 1 aliphatic carbocycles. The van der Waals surface area contributed by atoms with Crippen LogP contribution in [0.3, 0.4) is 0 Å². The van der Waals surface area contributed by atoms with E-state index in [0.717, 1.165) is 50.3 Å². The first-order chi connectivity index (χ1) is 11.8. The zero-order valence-corrected chi connectivity index (χ0v) is 14.8. The molecule has 138 valence electrons. The van der Waals surface area contributed by atoms with Crippen molar-refractivity contribution in [3.05, 3.63) is 34.3 Å². The molecule has 0 N–H and O–H groups in total. The quantitative estimate of drug-likeness (QED) is 0.744. The zero-order valence-electron chi connectivity index (χ0n) is 14.0. The van der Waals surface area contributed by atoms with Crippen LogP contribution in [-0.4, -0.2) is 37.1 Å². The van der Waals surface area contributed by atoms with Gasteiger partial charge in [-0.25, -0.2) is 0 Å². The normalized spacial score (nSPS) is 27.1. The van der Waals surface area contributed by atoms with Crippen molar-refractivity contribution in [1.82, 2.24) is 4.90 Å². The molecule has 1 saturated carbocycles. The van der Waals surface area contributed by atoms with Crippen LogP contribution in [0, 0.1) is 5.41 Å². The van der Waals surface area contributed by atoms with E-state index in [2.05, 4.69) is 0 Å². The second-order valence-corrected chi connectivity index (χ2v) is 7.41. The predicted octanol–water partition coefficient (Wildman–Crippen LogP) is 4.78. The van der Waals surface area contributed by atoms with E-state index in [1.165, 1.54) is 0 Å². The van der Waals surface area contributed by atoms with E-state index in [4.69, 9.17) is 16.3 Å². The standard InChI is InChI=1S/C18H21ClF3NO2/c1-25-15-4-2-7-17(15)8-3-9-23(11-17)16(24)13-10-12(18(20,21)22)5-6-14(13)19/h5-6,10,15H,2-4,7-9,11H2,1H3/t15-,17+/m1/s1. The molecule has 1 aromatic rings. The molecule has 0 radical (unpaired) electrons. The van der Waals surface area contributed by atoms with Gasteiger partial charge in [0.15, 0.2) is 0 Å². The van der Waals surface area contributed by atoms with Crippen molar-refractivity contribution in [2.45, 2.75) is 44.4 Å². The Labute approximate surface area is 150 Å². The summed E-state index contributed by atoms with van der Waals surface area (Å²) in [6.45, 7) is 1.04. The van der Waals surface area contributed by atoms with Crippen molar-refractivity contribution in [2.75, 3.05) is 20.2 Å². The number of carbonyl (C=O) groups is 1. The molecule has 2 fully saturated rings. The van der Waals surface area contributed by atoms with Gasteiger partial charge in [-0.15, -0.1) is 0 Å². The van der Waals surface area contributed by atoms with Crippen LogP contribution in [0.2, 0.25) is 5.02 Å². The van der Waals surface area contributed by atoms with Gasteiger partial charge in [0.05, 0.1) is 22.3 Å². The Balaban J connectivity index is 1.86. The second-order valence-electron chi connectivity index (χ2n) is 7.00. The average Bonchev–Trinajstić information content (AvgIpc) is 2.95. The monoisotopic (exact) mass is 375 g/mol. The summed E-state index contributed by atoms with van der Waals surface area (Å²) < 4.78 is 44.5. The minimum Gasteiger partial charge on any atom is -0.381 e. The fraction of sp³-hybridized carbons (Fsp3) is 0.611. The molecule has 0 unspecified atom stereocenters. The van der Waals surface area contributed by atoms with Gasteiger partial charge in [-0.2, -0.15) is 13.2 Å². The van der Waals surface area contributed by atoms with E-state index < -0.39 is 17.6 Å². The Morgan fingerprint density at radius 3 is 2.72 bits per heavy atom. The predicted molar refractivity (Wildman–Crippen MR) is 88.7 cm³/mol. The van der Waals surface area contributed by atoms with Crippen LogP contribution in [-0.2, 0) is 10.9 Å². The topological polar surface area (TPSA) is 29.5 Å². The largest absolute Gasteiger partial charge is 0.416 e. The highest BCUT2D eigenvalue weighted by atomic mass is 35.5. The van der Waals surface area contributed by atoms with Crippen LogP contribution in [0.4, 0.5) is 13.2 Å². The lowest BCUT2D eigenvalue weighted by Gasteiger charge is -2.43. The Morgan fingerprint density at radius 1 is 1.32 bits per heavy atom. The lowest BCUT2D eigenvalue weighted by atomic mass is 9.76. The summed E-state index contributed by atoms with van der Waals surface area (Å²) in [6, 6.07) is 2.90. The van der Waals surface area contributed by atoms with Crippen LogP contribution in [0.15, 0.2) is 18.2 Å². The van der Waals surface area contributed by atoms with Crippen molar-refractivity contribution >= 4 is 17.5 Å². The number of amides is 1. The van der Waals surface area contributed by atoms with Gasteiger partial charge in [-0.3, -0.25) is 4.79 Å². The number of carbonyl (C=O) groups excluding carboxylic acids is 1. The summed E-state index contributed by atoms with van der Waals surface area (Å²) in [7, 11) is 1.68. The molecule has 0 aromatic heterocycles. The molecule has 2 aliphatic rings. The molecule has 1 amide bonds. The molecule has 1 aliphatic heterocycles. The zero-order chi connectivity index (χ0) is 18.2. The molecule has 25 heavy (non-hydrogen) atoms. The van der Waals surface area contributed by atoms with Crippen LogP contribution in [0.1, 0.15) is 48.0 Å². The molecule has 0 bridgehead atoms. The third-order valence-corrected chi connectivity index (χ3v) is 5.86. The highest BCUT2D eigenvalue weighted by Gasteiger charge is 2.47. The highest BCUT2D eigenvalue weighted by Crippen LogP contribution is 2.46. The second kappa shape index (κ2) is 6.80. The van der Waals surface area contributed by atoms with E-state index in [0.29, 0.717) is 13.1 Å². The molecule has 1 saturated heterocycles. The smallest absolute Gasteiger partial charge is 0.381 e. The molecule has 3 rings (SSSR count). The minimum absolute atomic E-state index is 0.0485. The van der Waals surface area contributed by atoms with Gasteiger partial charge in [-0.1, -0.05) is 18.0 Å². The van der Waals surface area contributed by atoms with Gasteiger partial charge in [0.2, 0.25) is 0 Å². The molecule has 3 nitrogen and oxygen atoms in total. The van der Waals surface area contributed by atoms with Gasteiger partial charge >= 0.3 is 6.18 Å². The Morgan fingerprint density at radius 2 is 2.04 bits per heavy atom. The lowest BCUT2D eigenvalue weighted by Crippen LogP contribution is -2.49. The molecule has 1 spiro atoms. The van der Waals surface area contributed by atoms with E-state index in [-0.39, 0.29) is 22.1 Å². The molecule has 1 aromatic carbocycles. The fourth-order valence-corrected chi connectivity index (χ4v) is 4.51. The summed E-state index contributed by atoms with van der Waals surface area (Å²) in [6.07, 6.45) is 0.377. The number of methoxy groups -OCH3 is 1. The molecule has 2 atom stereocenters. The highest BCUT2D eigenvalue weighted by molar-refractivity contribution is 6.33. The number of piperidine rings is 1. The van der Waals surface area contributed by atoms with Crippen molar-refractivity contribution in [3.8, 4) is 0 Å². The van der Waals surface area contributed by atoms with Gasteiger partial charge < -0.3 is 9.64 Å². The maximum absolute atomic E-state index is 13.0. The maximum atomic E-state index is 13.0. The van der Waals surface area contributed by atoms with Gasteiger partial charge in [0.25, 0.3) is 5.91 Å². The van der Waals surface area contributed by atoms with Crippen LogP contribution >= 0.6 is 11.6 Å². The Hall–Kier alpha value is -1.27. The van der Waals surface area contributed by atoms with Crippen molar-refractivity contribution in [2.24, 2.45) is 5.41 Å². The average molecular weight is 376 g/mol. The lowest BCUT2D eigenvalue weighted by molar-refractivity contribution is -0.137. The molecule has 1 heterocycles. The van der Waals surface area contributed by atoms with Crippen molar-refractivity contribution in [1.29, 1.82) is 0 Å². The number of hydrogen-bond donors (Lipinski definition) is 0. The Bertz CT molecular complexity index is 664. The minimum atomic E-state index is -4.50. The fourth-order valence-electron chi connectivity index (χ4n) is 4.31. The maximum Gasteiger partial charge on any atom is 0.416 e. The van der Waals surface area contributed by atoms with Crippen molar-refractivity contribution < 1.29 is 22.7 Å². The Kier molecular flexibility index (Phi) is 5.04. The summed E-state index contributed by atoms with van der Waals surface area (Å²) in [5.41, 5.74) is -1.03. The number of nitrogens with zero attached hydrogens (tertiary/aromatic N) is 1. The van der Waals surface area contributed by atoms with Crippen LogP contribution < -0.4 is 0 Å². The number of benzene rings is 1. The number of halogens is 4. The van der Waals surface area contributed by atoms with E-state index >= 15 is 0 Å². The van der Waals surface area contributed by atoms with Gasteiger partial charge in [0, 0.05) is 25.6 Å². The van der Waals surface area contributed by atoms with Gasteiger partial charge in [-0.05, 0) is 43.9 Å². The first-order valence-electron chi connectivity index (χ1n) is 8.46. The number of rotatable bonds is 2. The van der Waals surface area contributed by atoms with Crippen LogP contribution in [0.25, 0.3) is 0 Å². The van der Waals surface area contributed by atoms with E-state index in [9.17, 15) is 18.0 Å². The SMILES string of the molecule is CO[C@@H]1CCC[C@@]12CCCN(C(=O)c1cc(C(F)(F)F)ccc1Cl)C2. The number of alkyl halides is 3. The number of ether oxygens (including phenoxy) is 1. The third-order valence-electron chi connectivity index (χ3n) is 5.53. The summed E-state index contributed by atoms with van der Waals surface area (Å²) in [5, 5.41) is 0.0485. The molecular formula is C18H21ClF3NO2. The van der Waals surface area contributed by atoms with Crippen molar-refractivity contribution in [3.63, 3.8) is 0 Å². The molecule has 7 heteroatoms. The first-order valence-corrected chi connectivity index (χ1v) is 8.83. The molecular weight excluding hydrogens is 355 g/mol. The van der Waals surface area contributed by atoms with E-state index in [1.807, 2.05) is 0 Å². The summed E-state index contributed by atoms with van der Waals surface area (Å²) in [4.78, 5) is 14.5. The van der Waals surface area contributed by atoms with E-state index in [1.54, 1.807) is 12.0 Å². The van der Waals surface area contributed by atoms with Gasteiger partial charge in [0.1, 0.15) is 0 Å². The number of hydrogen-bond acceptors (Lipinski definition) is 2. The number of likely N-dealkylation sites (tertiary alicyclic amines) is 1.